The first-order valence-corrected chi connectivity index (χ1v) is 7.06. The molecule has 0 amide bonds. The molecule has 0 saturated carbocycles. The van der Waals surface area contributed by atoms with Crippen LogP contribution in [0.25, 0.3) is 0 Å². The molecular weight excluding hydrogens is 272 g/mol. The summed E-state index contributed by atoms with van der Waals surface area (Å²) in [4.78, 5) is 0. The highest BCUT2D eigenvalue weighted by atomic mass is 19.1. The van der Waals surface area contributed by atoms with Crippen LogP contribution in [0.15, 0.2) is 36.4 Å². The van der Waals surface area contributed by atoms with Gasteiger partial charge in [-0.15, -0.1) is 0 Å². The van der Waals surface area contributed by atoms with E-state index in [0.29, 0.717) is 0 Å². The van der Waals surface area contributed by atoms with Gasteiger partial charge in [0.05, 0.1) is 18.8 Å². The molecule has 0 heterocycles. The van der Waals surface area contributed by atoms with Crippen LogP contribution in [-0.4, -0.2) is 7.11 Å². The lowest BCUT2D eigenvalue weighted by Gasteiger charge is -2.27. The third kappa shape index (κ3) is 2.84. The minimum absolute atomic E-state index is 0.00374. The van der Waals surface area contributed by atoms with Crippen LogP contribution in [0.5, 0.6) is 5.75 Å². The molecule has 0 saturated heterocycles. The zero-order chi connectivity index (χ0) is 14.8. The zero-order valence-corrected chi connectivity index (χ0v) is 11.8. The smallest absolute Gasteiger partial charge is 0.146 e. The summed E-state index contributed by atoms with van der Waals surface area (Å²) < 4.78 is 32.3. The number of halogens is 2. The van der Waals surface area contributed by atoms with E-state index < -0.39 is 11.6 Å². The maximum atomic E-state index is 13.8. The van der Waals surface area contributed by atoms with Crippen molar-refractivity contribution >= 4 is 5.69 Å². The van der Waals surface area contributed by atoms with Gasteiger partial charge in [-0.05, 0) is 60.7 Å². The van der Waals surface area contributed by atoms with E-state index >= 15 is 0 Å². The Kier molecular flexibility index (Phi) is 3.78. The lowest BCUT2D eigenvalue weighted by atomic mass is 9.87. The lowest BCUT2D eigenvalue weighted by Crippen LogP contribution is -2.18. The number of hydrogen-bond donors (Lipinski definition) is 1. The summed E-state index contributed by atoms with van der Waals surface area (Å²) in [5.41, 5.74) is 2.55. The van der Waals surface area contributed by atoms with E-state index in [0.717, 1.165) is 42.7 Å². The van der Waals surface area contributed by atoms with Gasteiger partial charge < -0.3 is 10.1 Å². The van der Waals surface area contributed by atoms with E-state index in [4.69, 9.17) is 4.74 Å². The second-order valence-corrected chi connectivity index (χ2v) is 5.28. The fourth-order valence-corrected chi connectivity index (χ4v) is 2.86. The molecule has 21 heavy (non-hydrogen) atoms. The van der Waals surface area contributed by atoms with Crippen molar-refractivity contribution in [2.75, 3.05) is 12.4 Å². The Bertz CT molecular complexity index is 657. The molecule has 1 aliphatic rings. The standard InChI is InChI=1S/C17H17F2NO/c1-21-13-6-7-14-11(9-13)3-2-4-16(14)20-17-10-12(18)5-8-15(17)19/h5-10,16,20H,2-4H2,1H3. The summed E-state index contributed by atoms with van der Waals surface area (Å²) in [6.45, 7) is 0. The molecule has 2 nitrogen and oxygen atoms in total. The summed E-state index contributed by atoms with van der Waals surface area (Å²) in [5, 5.41) is 3.13. The summed E-state index contributed by atoms with van der Waals surface area (Å²) in [6, 6.07) is 9.40. The van der Waals surface area contributed by atoms with Gasteiger partial charge in [0.25, 0.3) is 0 Å². The largest absolute Gasteiger partial charge is 0.497 e. The van der Waals surface area contributed by atoms with Gasteiger partial charge >= 0.3 is 0 Å². The van der Waals surface area contributed by atoms with Gasteiger partial charge in [-0.25, -0.2) is 8.78 Å². The van der Waals surface area contributed by atoms with Crippen molar-refractivity contribution in [2.24, 2.45) is 0 Å². The lowest BCUT2D eigenvalue weighted by molar-refractivity contribution is 0.413. The van der Waals surface area contributed by atoms with Crippen molar-refractivity contribution in [3.63, 3.8) is 0 Å². The molecule has 1 atom stereocenters. The summed E-state index contributed by atoms with van der Waals surface area (Å²) in [7, 11) is 1.64. The number of rotatable bonds is 3. The summed E-state index contributed by atoms with van der Waals surface area (Å²) in [5.74, 6) is -0.0481. The minimum Gasteiger partial charge on any atom is -0.497 e. The maximum Gasteiger partial charge on any atom is 0.146 e. The SMILES string of the molecule is COc1ccc2c(c1)CCCC2Nc1cc(F)ccc1F. The highest BCUT2D eigenvalue weighted by Crippen LogP contribution is 2.35. The first-order valence-electron chi connectivity index (χ1n) is 7.06. The second kappa shape index (κ2) is 5.72. The number of fused-ring (bicyclic) bond motifs is 1. The van der Waals surface area contributed by atoms with E-state index in [2.05, 4.69) is 5.32 Å². The fraction of sp³-hybridized carbons (Fsp3) is 0.294. The summed E-state index contributed by atoms with van der Waals surface area (Å²) >= 11 is 0. The van der Waals surface area contributed by atoms with Crippen molar-refractivity contribution in [1.29, 1.82) is 0 Å². The molecule has 110 valence electrons. The predicted octanol–water partition coefficient (Wildman–Crippen LogP) is 4.46. The molecule has 1 unspecified atom stereocenters. The van der Waals surface area contributed by atoms with Crippen LogP contribution in [0.4, 0.5) is 14.5 Å². The van der Waals surface area contributed by atoms with E-state index in [1.54, 1.807) is 7.11 Å². The van der Waals surface area contributed by atoms with Gasteiger partial charge in [-0.2, -0.15) is 0 Å². The van der Waals surface area contributed by atoms with E-state index in [9.17, 15) is 8.78 Å². The average Bonchev–Trinajstić information content (AvgIpc) is 2.50. The molecule has 1 N–H and O–H groups in total. The molecular formula is C17H17F2NO. The maximum absolute atomic E-state index is 13.8. The Morgan fingerprint density at radius 3 is 2.81 bits per heavy atom. The molecule has 0 aliphatic heterocycles. The molecule has 0 spiro atoms. The van der Waals surface area contributed by atoms with Crippen molar-refractivity contribution in [3.05, 3.63) is 59.2 Å². The Morgan fingerprint density at radius 1 is 1.14 bits per heavy atom. The molecule has 0 fully saturated rings. The molecule has 0 aromatic heterocycles. The van der Waals surface area contributed by atoms with Crippen molar-refractivity contribution in [1.82, 2.24) is 0 Å². The van der Waals surface area contributed by atoms with Gasteiger partial charge in [0.1, 0.15) is 17.4 Å². The second-order valence-electron chi connectivity index (χ2n) is 5.28. The van der Waals surface area contributed by atoms with E-state index in [1.807, 2.05) is 18.2 Å². The molecule has 2 aromatic carbocycles. The molecule has 1 aliphatic carbocycles. The Hall–Kier alpha value is -2.10. The number of hydrogen-bond acceptors (Lipinski definition) is 2. The van der Waals surface area contributed by atoms with Gasteiger partial charge in [-0.3, -0.25) is 0 Å². The molecule has 0 radical (unpaired) electrons. The van der Waals surface area contributed by atoms with E-state index in [1.165, 1.54) is 11.6 Å². The monoisotopic (exact) mass is 289 g/mol. The van der Waals surface area contributed by atoms with Gasteiger partial charge in [0.15, 0.2) is 0 Å². The highest BCUT2D eigenvalue weighted by molar-refractivity contribution is 5.49. The van der Waals surface area contributed by atoms with Crippen LogP contribution in [-0.2, 0) is 6.42 Å². The predicted molar refractivity (Wildman–Crippen MR) is 78.7 cm³/mol. The van der Waals surface area contributed by atoms with Crippen LogP contribution in [0.2, 0.25) is 0 Å². The van der Waals surface area contributed by atoms with Crippen molar-refractivity contribution < 1.29 is 13.5 Å². The van der Waals surface area contributed by atoms with Gasteiger partial charge in [0.2, 0.25) is 0 Å². The van der Waals surface area contributed by atoms with Gasteiger partial charge in [-0.1, -0.05) is 6.07 Å². The summed E-state index contributed by atoms with van der Waals surface area (Å²) in [6.07, 6.45) is 2.89. The zero-order valence-electron chi connectivity index (χ0n) is 11.8. The topological polar surface area (TPSA) is 21.3 Å². The van der Waals surface area contributed by atoms with Crippen molar-refractivity contribution in [3.8, 4) is 5.75 Å². The fourth-order valence-electron chi connectivity index (χ4n) is 2.86. The Balaban J connectivity index is 1.90. The number of benzene rings is 2. The quantitative estimate of drug-likeness (QED) is 0.900. The third-order valence-corrected chi connectivity index (χ3v) is 3.92. The Morgan fingerprint density at radius 2 is 2.00 bits per heavy atom. The first kappa shape index (κ1) is 13.9. The van der Waals surface area contributed by atoms with Gasteiger partial charge in [0, 0.05) is 0 Å². The Labute approximate surface area is 122 Å². The van der Waals surface area contributed by atoms with Crippen LogP contribution < -0.4 is 10.1 Å². The molecule has 4 heteroatoms. The molecule has 2 aromatic rings. The first-order chi connectivity index (χ1) is 10.2. The highest BCUT2D eigenvalue weighted by Gasteiger charge is 2.21. The molecule has 3 rings (SSSR count). The number of anilines is 1. The average molecular weight is 289 g/mol. The third-order valence-electron chi connectivity index (χ3n) is 3.92. The number of aryl methyl sites for hydroxylation is 1. The number of ether oxygens (including phenoxy) is 1. The van der Waals surface area contributed by atoms with Crippen LogP contribution in [0.3, 0.4) is 0 Å². The molecule has 0 bridgehead atoms. The minimum atomic E-state index is -0.440. The van der Waals surface area contributed by atoms with Crippen LogP contribution in [0.1, 0.15) is 30.0 Å². The van der Waals surface area contributed by atoms with Crippen LogP contribution in [0, 0.1) is 11.6 Å². The normalized spacial score (nSPS) is 17.2. The number of nitrogens with one attached hydrogen (secondary N) is 1. The van der Waals surface area contributed by atoms with E-state index in [-0.39, 0.29) is 11.7 Å². The van der Waals surface area contributed by atoms with Crippen LogP contribution >= 0.6 is 0 Å². The van der Waals surface area contributed by atoms with Crippen molar-refractivity contribution in [2.45, 2.75) is 25.3 Å². The number of methoxy groups -OCH3 is 1.